The first-order chi connectivity index (χ1) is 23.1. The van der Waals surface area contributed by atoms with Crippen LogP contribution in [0.3, 0.4) is 0 Å². The molecule has 4 aromatic heterocycles. The van der Waals surface area contributed by atoms with Crippen LogP contribution in [0.2, 0.25) is 0 Å². The number of hydrogen-bond donors (Lipinski definition) is 0. The summed E-state index contributed by atoms with van der Waals surface area (Å²) in [5.41, 5.74) is 6.56. The van der Waals surface area contributed by atoms with E-state index in [0.717, 1.165) is 55.4 Å². The van der Waals surface area contributed by atoms with E-state index >= 15 is 0 Å². The van der Waals surface area contributed by atoms with Gasteiger partial charge in [-0.2, -0.15) is 22.9 Å². The van der Waals surface area contributed by atoms with Crippen molar-refractivity contribution in [1.82, 2.24) is 29.5 Å². The van der Waals surface area contributed by atoms with Gasteiger partial charge in [0.05, 0.1) is 0 Å². The maximum atomic E-state index is 6.39. The molecular weight excluding hydrogens is 886 g/mol. The molecule has 0 radical (unpaired) electrons. The van der Waals surface area contributed by atoms with Crippen LogP contribution in [0.4, 0.5) is 0 Å². The Balaban J connectivity index is 0.00000208. The average Bonchev–Trinajstić information content (AvgIpc) is 3.41. The number of fused-ring (bicyclic) bond motifs is 3. The molecule has 0 spiro atoms. The van der Waals surface area contributed by atoms with Gasteiger partial charge >= 0.3 is 41.5 Å². The number of hydrogen-bond acceptors (Lipinski definition) is 7. The maximum absolute atomic E-state index is 6.39. The summed E-state index contributed by atoms with van der Waals surface area (Å²) >= 11 is 0. The van der Waals surface area contributed by atoms with Crippen molar-refractivity contribution in [3.8, 4) is 51.5 Å². The molecular formula is C39H24N6O2PdPt. The van der Waals surface area contributed by atoms with Crippen LogP contribution in [0.1, 0.15) is 11.1 Å². The molecule has 0 aliphatic heterocycles. The summed E-state index contributed by atoms with van der Waals surface area (Å²) in [7, 11) is 0. The Labute approximate surface area is 311 Å². The van der Waals surface area contributed by atoms with Crippen molar-refractivity contribution < 1.29 is 51.0 Å². The average molecular weight is 910 g/mol. The van der Waals surface area contributed by atoms with E-state index in [2.05, 4.69) is 61.3 Å². The van der Waals surface area contributed by atoms with Crippen LogP contribution in [-0.4, -0.2) is 29.5 Å². The van der Waals surface area contributed by atoms with Crippen LogP contribution in [0.25, 0.3) is 50.3 Å². The van der Waals surface area contributed by atoms with Crippen LogP contribution in [0.15, 0.2) is 110 Å². The largest absolute Gasteiger partial charge is 2.00 e. The van der Waals surface area contributed by atoms with E-state index in [0.29, 0.717) is 28.9 Å². The molecule has 8 rings (SSSR count). The minimum atomic E-state index is 0. The molecule has 8 aromatic rings. The number of rotatable bonds is 7. The fraction of sp³-hybridized carbons (Fsp3) is 0.0513. The normalized spacial score (nSPS) is 10.7. The zero-order chi connectivity index (χ0) is 31.7. The Morgan fingerprint density at radius 1 is 0.571 bits per heavy atom. The van der Waals surface area contributed by atoms with Gasteiger partial charge in [-0.25, -0.2) is 15.0 Å². The first-order valence-electron chi connectivity index (χ1n) is 14.9. The minimum absolute atomic E-state index is 0. The molecule has 4 aromatic carbocycles. The Morgan fingerprint density at radius 3 is 1.51 bits per heavy atom. The molecule has 0 unspecified atom stereocenters. The van der Waals surface area contributed by atoms with Gasteiger partial charge in [-0.1, -0.05) is 61.3 Å². The van der Waals surface area contributed by atoms with Gasteiger partial charge in [0.15, 0.2) is 0 Å². The van der Waals surface area contributed by atoms with Crippen molar-refractivity contribution in [1.29, 1.82) is 0 Å². The molecule has 0 amide bonds. The third-order valence-electron chi connectivity index (χ3n) is 7.67. The van der Waals surface area contributed by atoms with E-state index in [9.17, 15) is 0 Å². The summed E-state index contributed by atoms with van der Waals surface area (Å²) in [5.74, 6) is 2.64. The monoisotopic (exact) mass is 909 g/mol. The van der Waals surface area contributed by atoms with Gasteiger partial charge in [-0.05, 0) is 23.5 Å². The summed E-state index contributed by atoms with van der Waals surface area (Å²) in [5, 5.41) is 1.90. The van der Waals surface area contributed by atoms with Gasteiger partial charge in [0.2, 0.25) is 5.95 Å². The van der Waals surface area contributed by atoms with E-state index in [1.54, 1.807) is 12.4 Å². The molecule has 8 nitrogen and oxygen atoms in total. The minimum Gasteiger partial charge on any atom is -0.503 e. The molecule has 0 bridgehead atoms. The molecule has 242 valence electrons. The van der Waals surface area contributed by atoms with Crippen LogP contribution in [0, 0.1) is 38.1 Å². The number of pyridine rings is 2. The third-order valence-corrected chi connectivity index (χ3v) is 7.67. The second kappa shape index (κ2) is 14.6. The van der Waals surface area contributed by atoms with Crippen LogP contribution in [-0.2, 0) is 41.5 Å². The molecule has 0 aliphatic carbocycles. The van der Waals surface area contributed by atoms with Crippen molar-refractivity contribution in [2.75, 3.05) is 0 Å². The van der Waals surface area contributed by atoms with Crippen molar-refractivity contribution in [2.24, 2.45) is 0 Å². The van der Waals surface area contributed by atoms with Gasteiger partial charge in [0, 0.05) is 35.4 Å². The Hall–Kier alpha value is -5.06. The van der Waals surface area contributed by atoms with Gasteiger partial charge < -0.3 is 24.0 Å². The zero-order valence-corrected chi connectivity index (χ0v) is 29.9. The van der Waals surface area contributed by atoms with Gasteiger partial charge in [-0.3, -0.25) is 0 Å². The van der Waals surface area contributed by atoms with Gasteiger partial charge in [0.1, 0.15) is 12.7 Å². The molecule has 0 fully saturated rings. The van der Waals surface area contributed by atoms with Crippen molar-refractivity contribution in [3.63, 3.8) is 0 Å². The van der Waals surface area contributed by atoms with Crippen molar-refractivity contribution in [2.45, 2.75) is 13.8 Å². The van der Waals surface area contributed by atoms with Gasteiger partial charge in [-0.15, -0.1) is 70.8 Å². The van der Waals surface area contributed by atoms with Crippen LogP contribution >= 0.6 is 0 Å². The topological polar surface area (TPSA) is 87.8 Å². The van der Waals surface area contributed by atoms with E-state index < -0.39 is 0 Å². The smallest absolute Gasteiger partial charge is 0.503 e. The summed E-state index contributed by atoms with van der Waals surface area (Å²) < 4.78 is 14.7. The van der Waals surface area contributed by atoms with E-state index in [4.69, 9.17) is 9.47 Å². The van der Waals surface area contributed by atoms with Crippen molar-refractivity contribution in [3.05, 3.63) is 145 Å². The molecule has 0 saturated carbocycles. The zero-order valence-electron chi connectivity index (χ0n) is 26.0. The number of nitrogens with zero attached hydrogens (tertiary/aromatic N) is 6. The predicted octanol–water partition coefficient (Wildman–Crippen LogP) is 8.49. The molecule has 0 N–H and O–H groups in total. The molecule has 0 atom stereocenters. The van der Waals surface area contributed by atoms with Gasteiger partial charge in [0.25, 0.3) is 0 Å². The number of ether oxygens (including phenoxy) is 2. The standard InChI is InChI=1S/C39H24N6O2.Pd.Pt/c1-25-17-31-32-18-26(2)38(47-30-12-8-10-28(20-30)34-14-4-6-16-42-34)22-36(32)45(39-43-23-40-24-44-39)35(31)21-37(25)46-29-11-7-9-27(19-29)33-13-3-5-15-41-33;;/h3-18,23-24H,1-2H3;;/q-4;2*+2. The van der Waals surface area contributed by atoms with Crippen LogP contribution < -0.4 is 9.47 Å². The molecule has 10 heteroatoms. The summed E-state index contributed by atoms with van der Waals surface area (Å²) in [4.78, 5) is 21.9. The molecule has 0 aliphatic rings. The third kappa shape index (κ3) is 6.79. The summed E-state index contributed by atoms with van der Waals surface area (Å²) in [6.45, 7) is 4.00. The Bertz CT molecular complexity index is 2240. The summed E-state index contributed by atoms with van der Waals surface area (Å²) in [6.07, 6.45) is 6.45. The number of aryl methyl sites for hydroxylation is 2. The fourth-order valence-corrected chi connectivity index (χ4v) is 5.46. The quantitative estimate of drug-likeness (QED) is 0.117. The Morgan fingerprint density at radius 2 is 1.06 bits per heavy atom. The van der Waals surface area contributed by atoms with Crippen molar-refractivity contribution >= 4 is 21.8 Å². The van der Waals surface area contributed by atoms with E-state index in [1.807, 2.05) is 91.2 Å². The molecule has 4 heterocycles. The maximum Gasteiger partial charge on any atom is 2.00 e. The van der Waals surface area contributed by atoms with E-state index in [-0.39, 0.29) is 41.5 Å². The number of aromatic nitrogens is 6. The fourth-order valence-electron chi connectivity index (χ4n) is 5.46. The second-order valence-electron chi connectivity index (χ2n) is 10.9. The SMILES string of the molecule is Cc1cc2c3cc(C)c(Oc4[c-]c(-c5ccccn5)ccc4)[c-]c3n(-c3ncncn3)c2[c-]c1Oc1[c-]c(-c2ccccn2)ccc1.[Pd+2].[Pt+2]. The molecule has 0 saturated heterocycles. The second-order valence-corrected chi connectivity index (χ2v) is 10.9. The predicted molar refractivity (Wildman–Crippen MR) is 178 cm³/mol. The van der Waals surface area contributed by atoms with Crippen LogP contribution in [0.5, 0.6) is 23.0 Å². The Kier molecular flexibility index (Phi) is 10.1. The first-order valence-corrected chi connectivity index (χ1v) is 14.9. The first kappa shape index (κ1) is 33.8. The summed E-state index contributed by atoms with van der Waals surface area (Å²) in [6, 6.07) is 40.9. The number of benzene rings is 4. The van der Waals surface area contributed by atoms with E-state index in [1.165, 1.54) is 12.7 Å². The molecule has 49 heavy (non-hydrogen) atoms.